The average Bonchev–Trinajstić information content (AvgIpc) is 2.37. The first kappa shape index (κ1) is 12.3. The fourth-order valence-corrected chi connectivity index (χ4v) is 2.89. The standard InChI is InChI=1S/C13H27N3/c1-2-4-13(5-3-1)6-7-15-12-16-10-8-14-9-11-16/h13-15H,1-12H2. The monoisotopic (exact) mass is 225 g/mol. The summed E-state index contributed by atoms with van der Waals surface area (Å²) in [6, 6.07) is 0. The maximum Gasteiger partial charge on any atom is 0.0481 e. The van der Waals surface area contributed by atoms with Crippen molar-refractivity contribution in [2.75, 3.05) is 39.4 Å². The van der Waals surface area contributed by atoms with Gasteiger partial charge in [-0.2, -0.15) is 0 Å². The summed E-state index contributed by atoms with van der Waals surface area (Å²) in [5.41, 5.74) is 0. The average molecular weight is 225 g/mol. The second-order valence-electron chi connectivity index (χ2n) is 5.32. The van der Waals surface area contributed by atoms with Gasteiger partial charge in [-0.15, -0.1) is 0 Å². The zero-order valence-electron chi connectivity index (χ0n) is 10.5. The number of rotatable bonds is 5. The number of nitrogens with zero attached hydrogens (tertiary/aromatic N) is 1. The number of hydrogen-bond donors (Lipinski definition) is 2. The van der Waals surface area contributed by atoms with Crippen LogP contribution in [0.15, 0.2) is 0 Å². The Morgan fingerprint density at radius 3 is 2.56 bits per heavy atom. The van der Waals surface area contributed by atoms with Gasteiger partial charge in [0.05, 0.1) is 0 Å². The summed E-state index contributed by atoms with van der Waals surface area (Å²) in [5.74, 6) is 1.02. The van der Waals surface area contributed by atoms with Crippen LogP contribution in [0.3, 0.4) is 0 Å². The third kappa shape index (κ3) is 4.40. The highest BCUT2D eigenvalue weighted by Gasteiger charge is 2.13. The van der Waals surface area contributed by atoms with Crippen molar-refractivity contribution in [3.05, 3.63) is 0 Å². The molecule has 2 rings (SSSR count). The van der Waals surface area contributed by atoms with Crippen LogP contribution in [0.25, 0.3) is 0 Å². The molecular weight excluding hydrogens is 198 g/mol. The Bertz CT molecular complexity index is 152. The molecule has 0 aromatic heterocycles. The fraction of sp³-hybridized carbons (Fsp3) is 1.00. The molecule has 0 amide bonds. The van der Waals surface area contributed by atoms with E-state index in [-0.39, 0.29) is 0 Å². The Labute approximate surface area is 100.0 Å². The van der Waals surface area contributed by atoms with E-state index in [2.05, 4.69) is 15.5 Å². The normalized spacial score (nSPS) is 24.8. The lowest BCUT2D eigenvalue weighted by molar-refractivity contribution is 0.219. The molecule has 3 heteroatoms. The van der Waals surface area contributed by atoms with Gasteiger partial charge < -0.3 is 10.6 Å². The summed E-state index contributed by atoms with van der Waals surface area (Å²) in [5, 5.41) is 6.99. The second-order valence-corrected chi connectivity index (χ2v) is 5.32. The minimum absolute atomic E-state index is 1.02. The van der Waals surface area contributed by atoms with Gasteiger partial charge in [-0.3, -0.25) is 4.90 Å². The summed E-state index contributed by atoms with van der Waals surface area (Å²) in [6.07, 6.45) is 8.78. The van der Waals surface area contributed by atoms with Crippen molar-refractivity contribution in [3.8, 4) is 0 Å². The van der Waals surface area contributed by atoms with Crippen LogP contribution >= 0.6 is 0 Å². The lowest BCUT2D eigenvalue weighted by Gasteiger charge is -2.28. The van der Waals surface area contributed by atoms with Crippen molar-refractivity contribution in [3.63, 3.8) is 0 Å². The molecule has 1 aliphatic carbocycles. The van der Waals surface area contributed by atoms with Gasteiger partial charge in [0.25, 0.3) is 0 Å². The third-order valence-electron chi connectivity index (χ3n) is 4.00. The molecule has 1 saturated carbocycles. The van der Waals surface area contributed by atoms with Crippen LogP contribution in [0.4, 0.5) is 0 Å². The third-order valence-corrected chi connectivity index (χ3v) is 4.00. The molecule has 3 nitrogen and oxygen atoms in total. The van der Waals surface area contributed by atoms with E-state index in [9.17, 15) is 0 Å². The van der Waals surface area contributed by atoms with Gasteiger partial charge in [-0.1, -0.05) is 32.1 Å². The van der Waals surface area contributed by atoms with Crippen molar-refractivity contribution >= 4 is 0 Å². The van der Waals surface area contributed by atoms with E-state index >= 15 is 0 Å². The molecular formula is C13H27N3. The molecule has 0 spiro atoms. The van der Waals surface area contributed by atoms with Crippen LogP contribution in [0.5, 0.6) is 0 Å². The van der Waals surface area contributed by atoms with Crippen LogP contribution in [0.1, 0.15) is 38.5 Å². The van der Waals surface area contributed by atoms with Crippen molar-refractivity contribution in [1.82, 2.24) is 15.5 Å². The van der Waals surface area contributed by atoms with Crippen LogP contribution in [0, 0.1) is 5.92 Å². The molecule has 0 bridgehead atoms. The largest absolute Gasteiger partial charge is 0.314 e. The van der Waals surface area contributed by atoms with Gasteiger partial charge in [0.1, 0.15) is 0 Å². The number of piperazine rings is 1. The Morgan fingerprint density at radius 2 is 1.81 bits per heavy atom. The molecule has 94 valence electrons. The van der Waals surface area contributed by atoms with Crippen LogP contribution < -0.4 is 10.6 Å². The smallest absolute Gasteiger partial charge is 0.0481 e. The summed E-state index contributed by atoms with van der Waals surface area (Å²) in [6.45, 7) is 7.03. The molecule has 0 radical (unpaired) electrons. The first-order valence-corrected chi connectivity index (χ1v) is 7.09. The van der Waals surface area contributed by atoms with E-state index in [1.807, 2.05) is 0 Å². The SMILES string of the molecule is C1CCC(CCNCN2CCNCC2)CC1. The summed E-state index contributed by atoms with van der Waals surface area (Å²) >= 11 is 0. The molecule has 1 heterocycles. The Kier molecular flexibility index (Phi) is 5.59. The highest BCUT2D eigenvalue weighted by molar-refractivity contribution is 4.69. The summed E-state index contributed by atoms with van der Waals surface area (Å²) in [7, 11) is 0. The van der Waals surface area contributed by atoms with Crippen molar-refractivity contribution in [2.45, 2.75) is 38.5 Å². The van der Waals surface area contributed by atoms with E-state index in [0.717, 1.165) is 25.7 Å². The first-order valence-electron chi connectivity index (χ1n) is 7.09. The molecule has 2 N–H and O–H groups in total. The molecule has 0 atom stereocenters. The van der Waals surface area contributed by atoms with E-state index in [4.69, 9.17) is 0 Å². The Hall–Kier alpha value is -0.120. The van der Waals surface area contributed by atoms with Gasteiger partial charge in [0, 0.05) is 32.8 Å². The zero-order chi connectivity index (χ0) is 11.1. The molecule has 1 saturated heterocycles. The van der Waals surface area contributed by atoms with Crippen LogP contribution in [-0.2, 0) is 0 Å². The first-order chi connectivity index (χ1) is 7.95. The molecule has 0 unspecified atom stereocenters. The van der Waals surface area contributed by atoms with E-state index in [1.165, 1.54) is 58.2 Å². The minimum Gasteiger partial charge on any atom is -0.314 e. The van der Waals surface area contributed by atoms with Gasteiger partial charge in [-0.05, 0) is 18.9 Å². The Balaban J connectivity index is 1.47. The van der Waals surface area contributed by atoms with Gasteiger partial charge in [0.2, 0.25) is 0 Å². The maximum atomic E-state index is 3.60. The predicted octanol–water partition coefficient (Wildman–Crippen LogP) is 1.41. The van der Waals surface area contributed by atoms with E-state index in [1.54, 1.807) is 0 Å². The van der Waals surface area contributed by atoms with Crippen molar-refractivity contribution < 1.29 is 0 Å². The fourth-order valence-electron chi connectivity index (χ4n) is 2.89. The number of hydrogen-bond acceptors (Lipinski definition) is 3. The molecule has 16 heavy (non-hydrogen) atoms. The van der Waals surface area contributed by atoms with Gasteiger partial charge in [-0.25, -0.2) is 0 Å². The predicted molar refractivity (Wildman–Crippen MR) is 68.5 cm³/mol. The van der Waals surface area contributed by atoms with E-state index < -0.39 is 0 Å². The quantitative estimate of drug-likeness (QED) is 0.693. The molecule has 0 aromatic carbocycles. The topological polar surface area (TPSA) is 27.3 Å². The molecule has 0 aromatic rings. The van der Waals surface area contributed by atoms with Crippen LogP contribution in [0.2, 0.25) is 0 Å². The lowest BCUT2D eigenvalue weighted by Crippen LogP contribution is -2.47. The number of nitrogens with one attached hydrogen (secondary N) is 2. The van der Waals surface area contributed by atoms with Crippen molar-refractivity contribution in [2.24, 2.45) is 5.92 Å². The van der Waals surface area contributed by atoms with E-state index in [0.29, 0.717) is 0 Å². The maximum absolute atomic E-state index is 3.60. The van der Waals surface area contributed by atoms with Gasteiger partial charge >= 0.3 is 0 Å². The molecule has 2 fully saturated rings. The molecule has 2 aliphatic rings. The second kappa shape index (κ2) is 7.25. The van der Waals surface area contributed by atoms with Gasteiger partial charge in [0.15, 0.2) is 0 Å². The van der Waals surface area contributed by atoms with Crippen molar-refractivity contribution in [1.29, 1.82) is 0 Å². The highest BCUT2D eigenvalue weighted by Crippen LogP contribution is 2.25. The minimum atomic E-state index is 1.02. The van der Waals surface area contributed by atoms with Crippen LogP contribution in [-0.4, -0.2) is 44.3 Å². The molecule has 1 aliphatic heterocycles. The zero-order valence-corrected chi connectivity index (χ0v) is 10.5. The summed E-state index contributed by atoms with van der Waals surface area (Å²) in [4.78, 5) is 2.51. The highest BCUT2D eigenvalue weighted by atomic mass is 15.2. The summed E-state index contributed by atoms with van der Waals surface area (Å²) < 4.78 is 0. The lowest BCUT2D eigenvalue weighted by atomic mass is 9.87. The Morgan fingerprint density at radius 1 is 1.06 bits per heavy atom.